The molecule has 184 valence electrons. The molecule has 36 heavy (non-hydrogen) atoms. The molecule has 0 amide bonds. The number of rotatable bonds is 10. The molecule has 0 saturated heterocycles. The Morgan fingerprint density at radius 2 is 1.97 bits per heavy atom. The Kier molecular flexibility index (Phi) is 7.67. The number of nitrogens with zero attached hydrogens (tertiary/aromatic N) is 3. The van der Waals surface area contributed by atoms with Crippen LogP contribution < -0.4 is 10.5 Å². The molecule has 0 radical (unpaired) electrons. The Bertz CT molecular complexity index is 1400. The van der Waals surface area contributed by atoms with Gasteiger partial charge in [-0.2, -0.15) is 5.26 Å². The molecule has 3 N–H and O–H groups in total. The van der Waals surface area contributed by atoms with E-state index in [0.29, 0.717) is 35.4 Å². The number of aliphatic hydroxyl groups excluding tert-OH is 1. The molecule has 0 aliphatic heterocycles. The van der Waals surface area contributed by atoms with Gasteiger partial charge in [0.25, 0.3) is 0 Å². The lowest BCUT2D eigenvalue weighted by molar-refractivity contribution is 0.0953. The number of ether oxygens (including phenoxy) is 1. The number of imidazole rings is 1. The van der Waals surface area contributed by atoms with Gasteiger partial charge < -0.3 is 20.0 Å². The summed E-state index contributed by atoms with van der Waals surface area (Å²) >= 11 is 0. The smallest absolute Gasteiger partial charge is 0.163 e. The number of aromatic nitrogens is 2. The van der Waals surface area contributed by atoms with Crippen molar-refractivity contribution in [2.75, 3.05) is 12.3 Å². The number of benzene rings is 2. The van der Waals surface area contributed by atoms with Crippen LogP contribution >= 0.6 is 0 Å². The van der Waals surface area contributed by atoms with E-state index in [0.717, 1.165) is 22.5 Å². The van der Waals surface area contributed by atoms with Crippen LogP contribution in [0, 0.1) is 17.2 Å². The van der Waals surface area contributed by atoms with Gasteiger partial charge in [-0.05, 0) is 68.5 Å². The number of nitrogen functional groups attached to an aromatic ring is 1. The van der Waals surface area contributed by atoms with Gasteiger partial charge in [0.05, 0.1) is 23.0 Å². The average Bonchev–Trinajstić information content (AvgIpc) is 3.30. The molecule has 0 unspecified atom stereocenters. The summed E-state index contributed by atoms with van der Waals surface area (Å²) in [5.41, 5.74) is 11.1. The average molecular weight is 483 g/mol. The Balaban J connectivity index is 1.46. The van der Waals surface area contributed by atoms with Crippen LogP contribution in [-0.2, 0) is 6.42 Å². The molecule has 0 aliphatic carbocycles. The number of anilines is 1. The molecule has 7 nitrogen and oxygen atoms in total. The summed E-state index contributed by atoms with van der Waals surface area (Å²) in [6, 6.07) is 18.9. The maximum absolute atomic E-state index is 13.0. The second kappa shape index (κ2) is 11.1. The van der Waals surface area contributed by atoms with E-state index in [-0.39, 0.29) is 30.8 Å². The molecule has 0 aliphatic rings. The summed E-state index contributed by atoms with van der Waals surface area (Å²) in [6.07, 6.45) is 5.25. The van der Waals surface area contributed by atoms with E-state index < -0.39 is 0 Å². The van der Waals surface area contributed by atoms with E-state index in [1.807, 2.05) is 67.0 Å². The highest BCUT2D eigenvalue weighted by Crippen LogP contribution is 2.26. The van der Waals surface area contributed by atoms with Crippen LogP contribution in [0.4, 0.5) is 5.69 Å². The van der Waals surface area contributed by atoms with Crippen molar-refractivity contribution in [1.29, 1.82) is 5.26 Å². The van der Waals surface area contributed by atoms with Crippen molar-refractivity contribution in [3.8, 4) is 23.1 Å². The fourth-order valence-corrected chi connectivity index (χ4v) is 4.31. The summed E-state index contributed by atoms with van der Waals surface area (Å²) in [5, 5.41) is 19.1. The zero-order valence-electron chi connectivity index (χ0n) is 20.5. The highest BCUT2D eigenvalue weighted by molar-refractivity contribution is 5.96. The number of carbonyl (C=O) groups is 1. The minimum atomic E-state index is -0.0650. The lowest BCUT2D eigenvalue weighted by atomic mass is 9.89. The van der Waals surface area contributed by atoms with Gasteiger partial charge in [0.15, 0.2) is 11.4 Å². The molecule has 4 aromatic rings. The highest BCUT2D eigenvalue weighted by atomic mass is 16.5. The summed E-state index contributed by atoms with van der Waals surface area (Å²) in [6.45, 7) is 3.78. The molecule has 0 saturated carbocycles. The number of ketones is 1. The third-order valence-corrected chi connectivity index (χ3v) is 6.08. The van der Waals surface area contributed by atoms with Gasteiger partial charge >= 0.3 is 0 Å². The summed E-state index contributed by atoms with van der Waals surface area (Å²) < 4.78 is 7.56. The van der Waals surface area contributed by atoms with Gasteiger partial charge in [-0.3, -0.25) is 4.79 Å². The van der Waals surface area contributed by atoms with Gasteiger partial charge in [0.2, 0.25) is 0 Å². The lowest BCUT2D eigenvalue weighted by Gasteiger charge is -2.16. The standard InChI is InChI=1S/C29H30N4O3/c1-19(2)36-28-10-9-23(16-24(28)17-30)27(35)15-21(11-13-34)14-20-5-7-22(8-6-20)26-18-33-12-3-4-25(31)29(33)32-26/h3-10,12,16,18-19,21,34H,11,13-15,31H2,1-2H3/t21-/m1/s1. The van der Waals surface area contributed by atoms with E-state index in [4.69, 9.17) is 10.5 Å². The predicted octanol–water partition coefficient (Wildman–Crippen LogP) is 5.06. The van der Waals surface area contributed by atoms with Gasteiger partial charge in [0, 0.05) is 36.5 Å². The predicted molar refractivity (Wildman–Crippen MR) is 140 cm³/mol. The van der Waals surface area contributed by atoms with Crippen molar-refractivity contribution in [3.63, 3.8) is 0 Å². The lowest BCUT2D eigenvalue weighted by Crippen LogP contribution is -2.14. The van der Waals surface area contributed by atoms with Crippen molar-refractivity contribution in [1.82, 2.24) is 9.38 Å². The number of nitrogens with two attached hydrogens (primary N) is 1. The number of Topliss-reactive ketones (excluding diaryl/α,β-unsaturated/α-hetero) is 1. The first kappa shape index (κ1) is 25.0. The third-order valence-electron chi connectivity index (χ3n) is 6.08. The summed E-state index contributed by atoms with van der Waals surface area (Å²) in [5.74, 6) is 0.393. The molecule has 2 aromatic heterocycles. The maximum atomic E-state index is 13.0. The molecule has 1 atom stereocenters. The van der Waals surface area contributed by atoms with Crippen LogP contribution in [0.25, 0.3) is 16.9 Å². The third kappa shape index (κ3) is 5.73. The number of aliphatic hydroxyl groups is 1. The monoisotopic (exact) mass is 482 g/mol. The van der Waals surface area contributed by atoms with Crippen molar-refractivity contribution in [2.24, 2.45) is 5.92 Å². The minimum Gasteiger partial charge on any atom is -0.490 e. The van der Waals surface area contributed by atoms with Crippen molar-refractivity contribution >= 4 is 17.1 Å². The number of carbonyl (C=O) groups excluding carboxylic acids is 1. The molecule has 2 aromatic carbocycles. The fraction of sp³-hybridized carbons (Fsp3) is 0.276. The van der Waals surface area contributed by atoms with Crippen molar-refractivity contribution < 1.29 is 14.6 Å². The number of pyridine rings is 1. The normalized spacial score (nSPS) is 12.0. The van der Waals surface area contributed by atoms with E-state index in [9.17, 15) is 15.2 Å². The molecular formula is C29H30N4O3. The molecule has 7 heteroatoms. The van der Waals surface area contributed by atoms with E-state index in [1.54, 1.807) is 18.2 Å². The van der Waals surface area contributed by atoms with Gasteiger partial charge in [-0.25, -0.2) is 4.98 Å². The van der Waals surface area contributed by atoms with Gasteiger partial charge in [0.1, 0.15) is 11.8 Å². The van der Waals surface area contributed by atoms with Gasteiger partial charge in [-0.1, -0.05) is 24.3 Å². The molecular weight excluding hydrogens is 452 g/mol. The summed E-state index contributed by atoms with van der Waals surface area (Å²) in [4.78, 5) is 17.7. The molecule has 0 bridgehead atoms. The Morgan fingerprint density at radius 3 is 2.64 bits per heavy atom. The number of fused-ring (bicyclic) bond motifs is 1. The van der Waals surface area contributed by atoms with E-state index in [1.165, 1.54) is 0 Å². The molecule has 2 heterocycles. The minimum absolute atomic E-state index is 0.00329. The van der Waals surface area contributed by atoms with Crippen LogP contribution in [-0.4, -0.2) is 33.0 Å². The molecule has 0 fully saturated rings. The highest BCUT2D eigenvalue weighted by Gasteiger charge is 2.18. The van der Waals surface area contributed by atoms with Crippen LogP contribution in [0.3, 0.4) is 0 Å². The van der Waals surface area contributed by atoms with Crippen molar-refractivity contribution in [2.45, 2.75) is 39.2 Å². The van der Waals surface area contributed by atoms with Crippen molar-refractivity contribution in [3.05, 3.63) is 83.7 Å². The van der Waals surface area contributed by atoms with Crippen LogP contribution in [0.15, 0.2) is 67.0 Å². The van der Waals surface area contributed by atoms with Gasteiger partial charge in [-0.15, -0.1) is 0 Å². The molecule has 4 rings (SSSR count). The van der Waals surface area contributed by atoms with E-state index >= 15 is 0 Å². The second-order valence-electron chi connectivity index (χ2n) is 9.22. The number of nitriles is 1. The first-order valence-electron chi connectivity index (χ1n) is 12.0. The Morgan fingerprint density at radius 1 is 1.19 bits per heavy atom. The zero-order chi connectivity index (χ0) is 25.7. The largest absolute Gasteiger partial charge is 0.490 e. The summed E-state index contributed by atoms with van der Waals surface area (Å²) in [7, 11) is 0. The maximum Gasteiger partial charge on any atom is 0.163 e. The quantitative estimate of drug-likeness (QED) is 0.306. The first-order valence-corrected chi connectivity index (χ1v) is 12.0. The van der Waals surface area contributed by atoms with Crippen LogP contribution in [0.1, 0.15) is 48.2 Å². The SMILES string of the molecule is CC(C)Oc1ccc(C(=O)C[C@H](CCO)Cc2ccc(-c3cn4cccc(N)c4n3)cc2)cc1C#N. The Labute approximate surface area is 210 Å². The zero-order valence-corrected chi connectivity index (χ0v) is 20.5. The fourth-order valence-electron chi connectivity index (χ4n) is 4.31. The molecule has 0 spiro atoms. The number of hydrogen-bond donors (Lipinski definition) is 2. The van der Waals surface area contributed by atoms with Crippen LogP contribution in [0.2, 0.25) is 0 Å². The van der Waals surface area contributed by atoms with Crippen LogP contribution in [0.5, 0.6) is 5.75 Å². The first-order chi connectivity index (χ1) is 17.4. The number of hydrogen-bond acceptors (Lipinski definition) is 6. The van der Waals surface area contributed by atoms with E-state index in [2.05, 4.69) is 11.1 Å². The topological polar surface area (TPSA) is 114 Å². The Hall–Kier alpha value is -4.15. The second-order valence-corrected chi connectivity index (χ2v) is 9.22.